The predicted molar refractivity (Wildman–Crippen MR) is 58.9 cm³/mol. The van der Waals surface area contributed by atoms with Crippen LogP contribution in [0.4, 0.5) is 0 Å². The number of rotatable bonds is 3. The lowest BCUT2D eigenvalue weighted by Gasteiger charge is -2.36. The fourth-order valence-corrected chi connectivity index (χ4v) is 2.30. The van der Waals surface area contributed by atoms with Gasteiger partial charge in [0.05, 0.1) is 0 Å². The molecule has 0 aromatic rings. The Labute approximate surface area is 83.3 Å². The highest BCUT2D eigenvalue weighted by molar-refractivity contribution is 4.83. The molecule has 0 amide bonds. The Morgan fingerprint density at radius 1 is 1.31 bits per heavy atom. The van der Waals surface area contributed by atoms with Gasteiger partial charge in [0.25, 0.3) is 0 Å². The van der Waals surface area contributed by atoms with Crippen molar-refractivity contribution in [3.8, 4) is 0 Å². The molecule has 0 saturated heterocycles. The Balaban J connectivity index is 2.39. The van der Waals surface area contributed by atoms with Gasteiger partial charge in [-0.15, -0.1) is 0 Å². The van der Waals surface area contributed by atoms with E-state index in [0.29, 0.717) is 6.04 Å². The number of nitrogens with one attached hydrogen (secondary N) is 1. The van der Waals surface area contributed by atoms with Gasteiger partial charge in [0.15, 0.2) is 0 Å². The SMILES string of the molecule is CC[C@H](C)N[C@H]1CCC[C@H](C)[C@@H]1C. The minimum Gasteiger partial charge on any atom is -0.311 e. The van der Waals surface area contributed by atoms with Gasteiger partial charge in [0.1, 0.15) is 0 Å². The van der Waals surface area contributed by atoms with Crippen LogP contribution in [0.15, 0.2) is 0 Å². The molecule has 0 radical (unpaired) electrons. The maximum Gasteiger partial charge on any atom is 0.00977 e. The predicted octanol–water partition coefficient (Wildman–Crippen LogP) is 3.20. The topological polar surface area (TPSA) is 12.0 Å². The van der Waals surface area contributed by atoms with Gasteiger partial charge in [0, 0.05) is 12.1 Å². The third-order valence-corrected chi connectivity index (χ3v) is 3.82. The van der Waals surface area contributed by atoms with E-state index in [1.807, 2.05) is 0 Å². The van der Waals surface area contributed by atoms with Crippen molar-refractivity contribution in [1.29, 1.82) is 0 Å². The largest absolute Gasteiger partial charge is 0.311 e. The molecule has 0 aromatic heterocycles. The smallest absolute Gasteiger partial charge is 0.00977 e. The van der Waals surface area contributed by atoms with Crippen molar-refractivity contribution in [2.24, 2.45) is 11.8 Å². The first-order valence-electron chi connectivity index (χ1n) is 5.91. The van der Waals surface area contributed by atoms with Crippen LogP contribution in [-0.4, -0.2) is 12.1 Å². The zero-order valence-corrected chi connectivity index (χ0v) is 9.64. The summed E-state index contributed by atoms with van der Waals surface area (Å²) in [5.74, 6) is 1.78. The molecule has 4 atom stereocenters. The second-order valence-corrected chi connectivity index (χ2v) is 4.85. The second kappa shape index (κ2) is 4.99. The highest BCUT2D eigenvalue weighted by atomic mass is 15.0. The van der Waals surface area contributed by atoms with Crippen LogP contribution >= 0.6 is 0 Å². The van der Waals surface area contributed by atoms with Crippen LogP contribution in [-0.2, 0) is 0 Å². The molecule has 78 valence electrons. The Hall–Kier alpha value is -0.0400. The van der Waals surface area contributed by atoms with E-state index in [-0.39, 0.29) is 0 Å². The Morgan fingerprint density at radius 2 is 2.00 bits per heavy atom. The minimum atomic E-state index is 0.692. The Bertz CT molecular complexity index is 144. The summed E-state index contributed by atoms with van der Waals surface area (Å²) in [5.41, 5.74) is 0. The first kappa shape index (κ1) is 11.0. The van der Waals surface area contributed by atoms with Crippen LogP contribution in [0, 0.1) is 11.8 Å². The third-order valence-electron chi connectivity index (χ3n) is 3.82. The molecule has 1 fully saturated rings. The van der Waals surface area contributed by atoms with Crippen molar-refractivity contribution >= 4 is 0 Å². The zero-order chi connectivity index (χ0) is 9.84. The molecule has 1 rings (SSSR count). The van der Waals surface area contributed by atoms with Crippen molar-refractivity contribution in [3.63, 3.8) is 0 Å². The number of hydrogen-bond donors (Lipinski definition) is 1. The fourth-order valence-electron chi connectivity index (χ4n) is 2.30. The van der Waals surface area contributed by atoms with Crippen LogP contribution in [0.1, 0.15) is 53.4 Å². The van der Waals surface area contributed by atoms with Crippen LogP contribution in [0.2, 0.25) is 0 Å². The molecule has 13 heavy (non-hydrogen) atoms. The first-order valence-corrected chi connectivity index (χ1v) is 5.91. The average molecular weight is 183 g/mol. The van der Waals surface area contributed by atoms with Crippen molar-refractivity contribution in [2.75, 3.05) is 0 Å². The maximum atomic E-state index is 3.75. The van der Waals surface area contributed by atoms with E-state index in [4.69, 9.17) is 0 Å². The van der Waals surface area contributed by atoms with Gasteiger partial charge in [-0.05, 0) is 31.6 Å². The van der Waals surface area contributed by atoms with E-state index in [1.54, 1.807) is 0 Å². The molecule has 1 saturated carbocycles. The molecule has 0 aliphatic heterocycles. The van der Waals surface area contributed by atoms with E-state index in [9.17, 15) is 0 Å². The summed E-state index contributed by atoms with van der Waals surface area (Å²) in [6.07, 6.45) is 5.48. The van der Waals surface area contributed by atoms with Crippen molar-refractivity contribution in [2.45, 2.75) is 65.5 Å². The summed E-state index contributed by atoms with van der Waals surface area (Å²) >= 11 is 0. The van der Waals surface area contributed by atoms with Gasteiger partial charge in [-0.3, -0.25) is 0 Å². The highest BCUT2D eigenvalue weighted by Gasteiger charge is 2.27. The summed E-state index contributed by atoms with van der Waals surface area (Å²) < 4.78 is 0. The van der Waals surface area contributed by atoms with Crippen LogP contribution in [0.5, 0.6) is 0 Å². The van der Waals surface area contributed by atoms with Gasteiger partial charge < -0.3 is 5.32 Å². The molecule has 1 N–H and O–H groups in total. The summed E-state index contributed by atoms with van der Waals surface area (Å²) in [6, 6.07) is 1.47. The normalized spacial score (nSPS) is 37.4. The monoisotopic (exact) mass is 183 g/mol. The lowest BCUT2D eigenvalue weighted by Crippen LogP contribution is -2.44. The fraction of sp³-hybridized carbons (Fsp3) is 1.00. The molecule has 0 spiro atoms. The molecule has 1 aliphatic rings. The van der Waals surface area contributed by atoms with Crippen LogP contribution in [0.3, 0.4) is 0 Å². The third kappa shape index (κ3) is 2.98. The van der Waals surface area contributed by atoms with E-state index >= 15 is 0 Å². The molecular formula is C12H25N. The maximum absolute atomic E-state index is 3.75. The standard InChI is InChI=1S/C12H25N/c1-5-10(3)13-12-8-6-7-9(2)11(12)4/h9-13H,5-8H2,1-4H3/t9-,10-,11-,12-/m0/s1. The van der Waals surface area contributed by atoms with Crippen LogP contribution in [0.25, 0.3) is 0 Å². The quantitative estimate of drug-likeness (QED) is 0.708. The van der Waals surface area contributed by atoms with E-state index in [1.165, 1.54) is 25.7 Å². The lowest BCUT2D eigenvalue weighted by molar-refractivity contribution is 0.195. The Morgan fingerprint density at radius 3 is 2.62 bits per heavy atom. The molecule has 0 bridgehead atoms. The minimum absolute atomic E-state index is 0.692. The van der Waals surface area contributed by atoms with E-state index in [2.05, 4.69) is 33.0 Å². The highest BCUT2D eigenvalue weighted by Crippen LogP contribution is 2.29. The van der Waals surface area contributed by atoms with Gasteiger partial charge in [-0.25, -0.2) is 0 Å². The molecule has 1 nitrogen and oxygen atoms in total. The summed E-state index contributed by atoms with van der Waals surface area (Å²) in [5, 5.41) is 3.75. The molecule has 0 unspecified atom stereocenters. The Kier molecular flexibility index (Phi) is 4.24. The van der Waals surface area contributed by atoms with E-state index in [0.717, 1.165) is 17.9 Å². The summed E-state index contributed by atoms with van der Waals surface area (Å²) in [7, 11) is 0. The van der Waals surface area contributed by atoms with Crippen LogP contribution < -0.4 is 5.32 Å². The van der Waals surface area contributed by atoms with Crippen molar-refractivity contribution in [3.05, 3.63) is 0 Å². The molecule has 0 aromatic carbocycles. The second-order valence-electron chi connectivity index (χ2n) is 4.85. The lowest BCUT2D eigenvalue weighted by atomic mass is 9.78. The molecule has 0 heterocycles. The van der Waals surface area contributed by atoms with Gasteiger partial charge in [0.2, 0.25) is 0 Å². The average Bonchev–Trinajstić information content (AvgIpc) is 2.13. The molecule has 1 aliphatic carbocycles. The van der Waals surface area contributed by atoms with Gasteiger partial charge in [-0.2, -0.15) is 0 Å². The molecular weight excluding hydrogens is 158 g/mol. The van der Waals surface area contributed by atoms with Crippen molar-refractivity contribution < 1.29 is 0 Å². The first-order chi connectivity index (χ1) is 6.15. The summed E-state index contributed by atoms with van der Waals surface area (Å²) in [4.78, 5) is 0. The number of hydrogen-bond acceptors (Lipinski definition) is 1. The van der Waals surface area contributed by atoms with Gasteiger partial charge >= 0.3 is 0 Å². The van der Waals surface area contributed by atoms with Crippen molar-refractivity contribution in [1.82, 2.24) is 5.32 Å². The van der Waals surface area contributed by atoms with E-state index < -0.39 is 0 Å². The van der Waals surface area contributed by atoms with Gasteiger partial charge in [-0.1, -0.05) is 33.6 Å². The summed E-state index contributed by atoms with van der Waals surface area (Å²) in [6.45, 7) is 9.36. The zero-order valence-electron chi connectivity index (χ0n) is 9.64. The molecule has 1 heteroatoms.